The molecular weight excluding hydrogens is 342 g/mol. The van der Waals surface area contributed by atoms with Gasteiger partial charge in [-0.25, -0.2) is 0 Å². The van der Waals surface area contributed by atoms with Crippen molar-refractivity contribution in [3.05, 3.63) is 29.8 Å². The van der Waals surface area contributed by atoms with Gasteiger partial charge in [-0.15, -0.1) is 0 Å². The minimum absolute atomic E-state index is 0.274. The molecular formula is C17H23N3O6. The van der Waals surface area contributed by atoms with Crippen molar-refractivity contribution in [1.29, 1.82) is 0 Å². The molecule has 0 aliphatic heterocycles. The van der Waals surface area contributed by atoms with Crippen LogP contribution >= 0.6 is 0 Å². The van der Waals surface area contributed by atoms with Crippen LogP contribution in [0.4, 0.5) is 0 Å². The first-order valence-electron chi connectivity index (χ1n) is 8.03. The highest BCUT2D eigenvalue weighted by molar-refractivity contribution is 5.98. The van der Waals surface area contributed by atoms with Crippen molar-refractivity contribution in [2.24, 2.45) is 0 Å². The Labute approximate surface area is 151 Å². The van der Waals surface area contributed by atoms with Crippen LogP contribution in [0, 0.1) is 0 Å². The summed E-state index contributed by atoms with van der Waals surface area (Å²) < 4.78 is 9.82. The molecule has 0 unspecified atom stereocenters. The zero-order valence-corrected chi connectivity index (χ0v) is 15.0. The van der Waals surface area contributed by atoms with E-state index in [4.69, 9.17) is 9.47 Å². The molecule has 0 aliphatic carbocycles. The molecule has 1 aromatic rings. The van der Waals surface area contributed by atoms with Crippen molar-refractivity contribution in [3.8, 4) is 5.75 Å². The van der Waals surface area contributed by atoms with Crippen LogP contribution < -0.4 is 20.7 Å². The highest BCUT2D eigenvalue weighted by Crippen LogP contribution is 2.16. The zero-order chi connectivity index (χ0) is 19.5. The van der Waals surface area contributed by atoms with E-state index in [1.54, 1.807) is 31.2 Å². The van der Waals surface area contributed by atoms with E-state index >= 15 is 0 Å². The number of amides is 3. The van der Waals surface area contributed by atoms with Crippen LogP contribution in [0.5, 0.6) is 5.75 Å². The Morgan fingerprint density at radius 1 is 1.12 bits per heavy atom. The lowest BCUT2D eigenvalue weighted by molar-refractivity contribution is -0.147. The van der Waals surface area contributed by atoms with E-state index in [1.807, 2.05) is 0 Å². The first-order valence-corrected chi connectivity index (χ1v) is 8.03. The smallest absolute Gasteiger partial charge is 0.325 e. The number of nitrogens with one attached hydrogen (secondary N) is 3. The second kappa shape index (κ2) is 10.7. The molecule has 0 aromatic heterocycles. The summed E-state index contributed by atoms with van der Waals surface area (Å²) in [7, 11) is 1.43. The summed E-state index contributed by atoms with van der Waals surface area (Å²) in [6.07, 6.45) is 0. The highest BCUT2D eigenvalue weighted by Gasteiger charge is 2.17. The molecule has 9 heteroatoms. The van der Waals surface area contributed by atoms with Gasteiger partial charge in [0, 0.05) is 6.54 Å². The summed E-state index contributed by atoms with van der Waals surface area (Å²) >= 11 is 0. The fourth-order valence-electron chi connectivity index (χ4n) is 1.95. The largest absolute Gasteiger partial charge is 0.496 e. The van der Waals surface area contributed by atoms with Gasteiger partial charge in [0.25, 0.3) is 11.8 Å². The number of esters is 1. The maximum atomic E-state index is 12.0. The number of carbonyl (C=O) groups is 4. The van der Waals surface area contributed by atoms with E-state index in [2.05, 4.69) is 16.0 Å². The average Bonchev–Trinajstić information content (AvgIpc) is 2.64. The quantitative estimate of drug-likeness (QED) is 0.512. The standard InChI is InChI=1S/C17H23N3O6/c1-4-18-16(23)11(2)20-14(21)10-26-15(22)9-19-17(24)12-7-5-6-8-13(12)25-3/h5-8,11H,4,9-10H2,1-3H3,(H,18,23)(H,19,24)(H,20,21)/t11-/m0/s1. The second-order valence-corrected chi connectivity index (χ2v) is 5.23. The lowest BCUT2D eigenvalue weighted by atomic mass is 10.2. The molecule has 0 saturated heterocycles. The van der Waals surface area contributed by atoms with Crippen molar-refractivity contribution < 1.29 is 28.7 Å². The number of para-hydroxylation sites is 1. The van der Waals surface area contributed by atoms with Gasteiger partial charge in [0.05, 0.1) is 12.7 Å². The van der Waals surface area contributed by atoms with Crippen LogP contribution in [0.3, 0.4) is 0 Å². The van der Waals surface area contributed by atoms with E-state index in [1.165, 1.54) is 14.0 Å². The fraction of sp³-hybridized carbons (Fsp3) is 0.412. The number of rotatable bonds is 9. The number of likely N-dealkylation sites (N-methyl/N-ethyl adjacent to an activating group) is 1. The minimum Gasteiger partial charge on any atom is -0.496 e. The zero-order valence-electron chi connectivity index (χ0n) is 15.0. The van der Waals surface area contributed by atoms with Crippen LogP contribution in [0.25, 0.3) is 0 Å². The summed E-state index contributed by atoms with van der Waals surface area (Å²) in [5.41, 5.74) is 0.274. The van der Waals surface area contributed by atoms with Crippen molar-refractivity contribution >= 4 is 23.7 Å². The van der Waals surface area contributed by atoms with Crippen molar-refractivity contribution in [3.63, 3.8) is 0 Å². The predicted molar refractivity (Wildman–Crippen MR) is 92.6 cm³/mol. The van der Waals surface area contributed by atoms with Crippen molar-refractivity contribution in [2.45, 2.75) is 19.9 Å². The second-order valence-electron chi connectivity index (χ2n) is 5.23. The lowest BCUT2D eigenvalue weighted by Crippen LogP contribution is -2.46. The SMILES string of the molecule is CCNC(=O)[C@H](C)NC(=O)COC(=O)CNC(=O)c1ccccc1OC. The fourth-order valence-corrected chi connectivity index (χ4v) is 1.95. The summed E-state index contributed by atoms with van der Waals surface area (Å²) in [5.74, 6) is -1.87. The Kier molecular flexibility index (Phi) is 8.62. The third-order valence-electron chi connectivity index (χ3n) is 3.23. The Morgan fingerprint density at radius 2 is 1.81 bits per heavy atom. The number of benzene rings is 1. The molecule has 3 N–H and O–H groups in total. The van der Waals surface area contributed by atoms with Gasteiger partial charge in [0.2, 0.25) is 5.91 Å². The van der Waals surface area contributed by atoms with Crippen LogP contribution in [0.15, 0.2) is 24.3 Å². The summed E-state index contributed by atoms with van der Waals surface area (Å²) in [5, 5.41) is 7.33. The molecule has 1 atom stereocenters. The molecule has 1 aromatic carbocycles. The first kappa shape index (κ1) is 20.9. The van der Waals surface area contributed by atoms with Crippen LogP contribution in [0.2, 0.25) is 0 Å². The van der Waals surface area contributed by atoms with Crippen molar-refractivity contribution in [2.75, 3.05) is 26.8 Å². The van der Waals surface area contributed by atoms with E-state index in [0.29, 0.717) is 12.3 Å². The highest BCUT2D eigenvalue weighted by atomic mass is 16.5. The molecule has 0 heterocycles. The normalized spacial score (nSPS) is 11.0. The summed E-state index contributed by atoms with van der Waals surface area (Å²) in [6.45, 7) is 2.76. The summed E-state index contributed by atoms with van der Waals surface area (Å²) in [6, 6.07) is 5.80. The Morgan fingerprint density at radius 3 is 2.46 bits per heavy atom. The molecule has 0 fully saturated rings. The molecule has 142 valence electrons. The van der Waals surface area contributed by atoms with E-state index in [-0.39, 0.29) is 11.5 Å². The Balaban J connectivity index is 2.37. The van der Waals surface area contributed by atoms with Gasteiger partial charge >= 0.3 is 5.97 Å². The number of hydrogen-bond donors (Lipinski definition) is 3. The topological polar surface area (TPSA) is 123 Å². The van der Waals surface area contributed by atoms with Crippen molar-refractivity contribution in [1.82, 2.24) is 16.0 Å². The molecule has 9 nitrogen and oxygen atoms in total. The number of ether oxygens (including phenoxy) is 2. The molecule has 0 radical (unpaired) electrons. The number of methoxy groups -OCH3 is 1. The van der Waals surface area contributed by atoms with Gasteiger partial charge in [0.15, 0.2) is 6.61 Å². The van der Waals surface area contributed by atoms with Gasteiger partial charge in [-0.1, -0.05) is 12.1 Å². The molecule has 0 saturated carbocycles. The maximum Gasteiger partial charge on any atom is 0.325 e. The third-order valence-corrected chi connectivity index (χ3v) is 3.23. The lowest BCUT2D eigenvalue weighted by Gasteiger charge is -2.13. The Hall–Kier alpha value is -3.10. The minimum atomic E-state index is -0.783. The van der Waals surface area contributed by atoms with E-state index < -0.39 is 37.0 Å². The number of carbonyl (C=O) groups excluding carboxylic acids is 4. The summed E-state index contributed by atoms with van der Waals surface area (Å²) in [4.78, 5) is 46.8. The molecule has 1 rings (SSSR count). The average molecular weight is 365 g/mol. The number of hydrogen-bond acceptors (Lipinski definition) is 6. The molecule has 0 bridgehead atoms. The monoisotopic (exact) mass is 365 g/mol. The van der Waals surface area contributed by atoms with Crippen LogP contribution in [-0.4, -0.2) is 56.5 Å². The molecule has 0 aliphatic rings. The van der Waals surface area contributed by atoms with E-state index in [9.17, 15) is 19.2 Å². The Bertz CT molecular complexity index is 662. The molecule has 3 amide bonds. The van der Waals surface area contributed by atoms with Crippen LogP contribution in [0.1, 0.15) is 24.2 Å². The predicted octanol–water partition coefficient (Wildman–Crippen LogP) is -0.391. The van der Waals surface area contributed by atoms with Gasteiger partial charge in [-0.2, -0.15) is 0 Å². The van der Waals surface area contributed by atoms with Gasteiger partial charge < -0.3 is 25.4 Å². The molecule has 26 heavy (non-hydrogen) atoms. The van der Waals surface area contributed by atoms with E-state index in [0.717, 1.165) is 0 Å². The van der Waals surface area contributed by atoms with Gasteiger partial charge in [0.1, 0.15) is 18.3 Å². The third kappa shape index (κ3) is 6.80. The molecule has 0 spiro atoms. The first-order chi connectivity index (χ1) is 12.4. The van der Waals surface area contributed by atoms with Gasteiger partial charge in [-0.05, 0) is 26.0 Å². The van der Waals surface area contributed by atoms with Gasteiger partial charge in [-0.3, -0.25) is 19.2 Å². The maximum absolute atomic E-state index is 12.0. The van der Waals surface area contributed by atoms with Crippen LogP contribution in [-0.2, 0) is 19.1 Å².